The van der Waals surface area contributed by atoms with Crippen LogP contribution in [0.25, 0.3) is 0 Å². The van der Waals surface area contributed by atoms with Crippen LogP contribution in [0, 0.1) is 0 Å². The summed E-state index contributed by atoms with van der Waals surface area (Å²) >= 11 is 12.1. The Hall–Kier alpha value is -2.05. The van der Waals surface area contributed by atoms with E-state index in [2.05, 4.69) is 15.4 Å². The van der Waals surface area contributed by atoms with Crippen LogP contribution in [0.2, 0.25) is 5.02 Å². The number of benzene rings is 1. The lowest BCUT2D eigenvalue weighted by Crippen LogP contribution is -2.55. The minimum atomic E-state index is -1.34. The zero-order valence-electron chi connectivity index (χ0n) is 12.3. The molecular weight excluding hydrogens is 339 g/mol. The summed E-state index contributed by atoms with van der Waals surface area (Å²) in [6.07, 6.45) is 1.77. The molecule has 1 unspecified atom stereocenters. The van der Waals surface area contributed by atoms with E-state index in [-0.39, 0.29) is 29.8 Å². The van der Waals surface area contributed by atoms with Gasteiger partial charge in [0.25, 0.3) is 5.91 Å². The van der Waals surface area contributed by atoms with Crippen LogP contribution in [-0.2, 0) is 11.3 Å². The topological polar surface area (TPSA) is 77.3 Å². The minimum absolute atomic E-state index is 0.0820. The zero-order valence-corrected chi connectivity index (χ0v) is 13.8. The number of amides is 1. The number of hydrogen-bond donors (Lipinski definition) is 2. The molecule has 1 amide bonds. The van der Waals surface area contributed by atoms with Crippen molar-refractivity contribution in [3.8, 4) is 0 Å². The second-order valence-electron chi connectivity index (χ2n) is 5.24. The fourth-order valence-electron chi connectivity index (χ4n) is 2.53. The van der Waals surface area contributed by atoms with Crippen LogP contribution in [0.15, 0.2) is 45.3 Å². The van der Waals surface area contributed by atoms with E-state index in [1.807, 2.05) is 18.2 Å². The van der Waals surface area contributed by atoms with Crippen molar-refractivity contribution in [3.05, 3.63) is 45.8 Å². The van der Waals surface area contributed by atoms with Crippen molar-refractivity contribution >= 4 is 41.0 Å². The summed E-state index contributed by atoms with van der Waals surface area (Å²) in [5.41, 5.74) is -0.161. The third-order valence-electron chi connectivity index (χ3n) is 3.75. The fraction of sp³-hybridized carbons (Fsp3) is 0.267. The fourth-order valence-corrected chi connectivity index (χ4v) is 2.86. The largest absolute Gasteiger partial charge is 0.492 e. The van der Waals surface area contributed by atoms with Gasteiger partial charge in [-0.25, -0.2) is 4.99 Å². The molecule has 120 valence electrons. The van der Waals surface area contributed by atoms with Crippen LogP contribution in [0.4, 0.5) is 0 Å². The number of aliphatic hydroxyl groups excluding tert-OH is 1. The first-order chi connectivity index (χ1) is 11.0. The SMILES string of the molecule is CC1=NC2(C(=O)NCc3ccccc3Cl)CC=NN2C(O)=C1Cl. The molecule has 23 heavy (non-hydrogen) atoms. The number of halogens is 2. The van der Waals surface area contributed by atoms with E-state index in [1.54, 1.807) is 13.0 Å². The number of allylic oxidation sites excluding steroid dienone is 1. The van der Waals surface area contributed by atoms with E-state index in [9.17, 15) is 9.90 Å². The van der Waals surface area contributed by atoms with Crippen LogP contribution in [0.5, 0.6) is 0 Å². The smallest absolute Gasteiger partial charge is 0.271 e. The van der Waals surface area contributed by atoms with Crippen molar-refractivity contribution < 1.29 is 9.90 Å². The second kappa shape index (κ2) is 5.86. The first-order valence-electron chi connectivity index (χ1n) is 6.95. The van der Waals surface area contributed by atoms with Gasteiger partial charge in [-0.3, -0.25) is 4.79 Å². The van der Waals surface area contributed by atoms with Crippen molar-refractivity contribution in [2.24, 2.45) is 10.1 Å². The number of carbonyl (C=O) groups excluding carboxylic acids is 1. The molecule has 2 N–H and O–H groups in total. The Kier molecular flexibility index (Phi) is 4.04. The van der Waals surface area contributed by atoms with Crippen molar-refractivity contribution in [1.82, 2.24) is 10.3 Å². The van der Waals surface area contributed by atoms with Crippen molar-refractivity contribution in [3.63, 3.8) is 0 Å². The monoisotopic (exact) mass is 352 g/mol. The first-order valence-corrected chi connectivity index (χ1v) is 7.71. The van der Waals surface area contributed by atoms with Crippen LogP contribution < -0.4 is 5.32 Å². The molecule has 0 saturated carbocycles. The molecule has 1 atom stereocenters. The van der Waals surface area contributed by atoms with Gasteiger partial charge in [0.05, 0.1) is 5.71 Å². The molecule has 3 rings (SSSR count). The molecule has 2 aliphatic heterocycles. The summed E-state index contributed by atoms with van der Waals surface area (Å²) in [4.78, 5) is 17.1. The number of nitrogens with zero attached hydrogens (tertiary/aromatic N) is 3. The maximum atomic E-state index is 12.7. The summed E-state index contributed by atoms with van der Waals surface area (Å²) in [5, 5.41) is 18.7. The number of aliphatic imine (C=N–C) groups is 1. The highest BCUT2D eigenvalue weighted by Crippen LogP contribution is 2.36. The van der Waals surface area contributed by atoms with Gasteiger partial charge in [0.2, 0.25) is 11.5 Å². The number of fused-ring (bicyclic) bond motifs is 1. The lowest BCUT2D eigenvalue weighted by atomic mass is 10.0. The van der Waals surface area contributed by atoms with Gasteiger partial charge in [-0.05, 0) is 18.6 Å². The Labute approximate surface area is 143 Å². The van der Waals surface area contributed by atoms with Gasteiger partial charge in [-0.1, -0.05) is 41.4 Å². The zero-order chi connectivity index (χ0) is 16.6. The summed E-state index contributed by atoms with van der Waals surface area (Å²) in [7, 11) is 0. The Morgan fingerprint density at radius 1 is 1.43 bits per heavy atom. The van der Waals surface area contributed by atoms with E-state index in [1.165, 1.54) is 6.21 Å². The van der Waals surface area contributed by atoms with Crippen LogP contribution in [0.3, 0.4) is 0 Å². The van der Waals surface area contributed by atoms with Gasteiger partial charge in [-0.15, -0.1) is 0 Å². The van der Waals surface area contributed by atoms with E-state index < -0.39 is 5.66 Å². The standard InChI is InChI=1S/C15H14Cl2N4O2/c1-9-12(17)13(22)21-15(20-9,6-7-19-21)14(23)18-8-10-4-2-3-5-11(10)16/h2-5,7,22H,6,8H2,1H3,(H,18,23). The van der Waals surface area contributed by atoms with Gasteiger partial charge in [0.1, 0.15) is 5.03 Å². The summed E-state index contributed by atoms with van der Waals surface area (Å²) in [6.45, 7) is 1.89. The third-order valence-corrected chi connectivity index (χ3v) is 4.56. The number of carbonyl (C=O) groups is 1. The molecule has 0 spiro atoms. The van der Waals surface area contributed by atoms with E-state index in [4.69, 9.17) is 23.2 Å². The minimum Gasteiger partial charge on any atom is -0.492 e. The number of aliphatic hydroxyl groups is 1. The predicted molar refractivity (Wildman–Crippen MR) is 89.6 cm³/mol. The number of hydrogen-bond acceptors (Lipinski definition) is 5. The molecule has 1 aromatic rings. The van der Waals surface area contributed by atoms with Gasteiger partial charge < -0.3 is 10.4 Å². The van der Waals surface area contributed by atoms with Crippen molar-refractivity contribution in [1.29, 1.82) is 0 Å². The maximum absolute atomic E-state index is 12.7. The molecule has 0 radical (unpaired) electrons. The van der Waals surface area contributed by atoms with Crippen LogP contribution >= 0.6 is 23.2 Å². The average Bonchev–Trinajstić information content (AvgIpc) is 2.97. The van der Waals surface area contributed by atoms with Gasteiger partial charge in [-0.2, -0.15) is 10.1 Å². The normalized spacial score (nSPS) is 22.9. The van der Waals surface area contributed by atoms with Gasteiger partial charge in [0.15, 0.2) is 0 Å². The predicted octanol–water partition coefficient (Wildman–Crippen LogP) is 2.78. The van der Waals surface area contributed by atoms with Crippen LogP contribution in [0.1, 0.15) is 18.9 Å². The Morgan fingerprint density at radius 2 is 2.17 bits per heavy atom. The molecule has 2 aliphatic rings. The molecule has 0 aliphatic carbocycles. The molecule has 0 fully saturated rings. The summed E-state index contributed by atoms with van der Waals surface area (Å²) in [6, 6.07) is 7.24. The second-order valence-corrected chi connectivity index (χ2v) is 6.02. The highest BCUT2D eigenvalue weighted by atomic mass is 35.5. The van der Waals surface area contributed by atoms with E-state index in [0.29, 0.717) is 10.7 Å². The average molecular weight is 353 g/mol. The Balaban J connectivity index is 1.83. The lowest BCUT2D eigenvalue weighted by Gasteiger charge is -2.35. The molecule has 6 nitrogen and oxygen atoms in total. The van der Waals surface area contributed by atoms with Gasteiger partial charge >= 0.3 is 0 Å². The summed E-state index contributed by atoms with van der Waals surface area (Å²) in [5.74, 6) is -0.661. The molecule has 0 bridgehead atoms. The number of nitrogens with one attached hydrogen (secondary N) is 1. The van der Waals surface area contributed by atoms with Crippen molar-refractivity contribution in [2.75, 3.05) is 0 Å². The molecule has 0 aromatic heterocycles. The molecule has 8 heteroatoms. The lowest BCUT2D eigenvalue weighted by molar-refractivity contribution is -0.132. The third kappa shape index (κ3) is 2.58. The molecular formula is C15H14Cl2N4O2. The molecule has 0 saturated heterocycles. The molecule has 1 aromatic carbocycles. The first kappa shape index (κ1) is 15.8. The van der Waals surface area contributed by atoms with E-state index in [0.717, 1.165) is 10.6 Å². The Bertz CT molecular complexity index is 760. The Morgan fingerprint density at radius 3 is 2.91 bits per heavy atom. The van der Waals surface area contributed by atoms with E-state index >= 15 is 0 Å². The van der Waals surface area contributed by atoms with Crippen LogP contribution in [-0.4, -0.2) is 33.6 Å². The summed E-state index contributed by atoms with van der Waals surface area (Å²) < 4.78 is 0. The number of hydrazone groups is 1. The highest BCUT2D eigenvalue weighted by molar-refractivity contribution is 6.43. The maximum Gasteiger partial charge on any atom is 0.271 e. The van der Waals surface area contributed by atoms with Crippen molar-refractivity contribution in [2.45, 2.75) is 25.6 Å². The number of rotatable bonds is 3. The molecule has 2 heterocycles. The van der Waals surface area contributed by atoms with Gasteiger partial charge in [0, 0.05) is 24.2 Å². The quantitative estimate of drug-likeness (QED) is 0.877. The highest BCUT2D eigenvalue weighted by Gasteiger charge is 2.51.